The van der Waals surface area contributed by atoms with Crippen LogP contribution < -0.4 is 4.74 Å². The predicted molar refractivity (Wildman–Crippen MR) is 92.5 cm³/mol. The maximum Gasteiger partial charge on any atom is 0.119 e. The molecule has 1 unspecified atom stereocenters. The number of aliphatic hydroxyl groups excluding tert-OH is 1. The minimum atomic E-state index is -0.537. The van der Waals surface area contributed by atoms with Crippen molar-refractivity contribution in [2.45, 2.75) is 31.5 Å². The summed E-state index contributed by atoms with van der Waals surface area (Å²) in [5.74, 6) is 0.675. The molecule has 2 aromatic carbocycles. The SMILES string of the molecule is N#Cc1ccc(OCC(O)CN(Cc2ccccc2)C2CC2)cc1. The van der Waals surface area contributed by atoms with Crippen molar-refractivity contribution in [2.24, 2.45) is 0 Å². The van der Waals surface area contributed by atoms with Gasteiger partial charge < -0.3 is 9.84 Å². The number of nitrogens with zero attached hydrogens (tertiary/aromatic N) is 2. The molecular weight excluding hydrogens is 300 g/mol. The molecule has 1 N–H and O–H groups in total. The number of ether oxygens (including phenoxy) is 1. The first kappa shape index (κ1) is 16.5. The number of hydrogen-bond donors (Lipinski definition) is 1. The summed E-state index contributed by atoms with van der Waals surface area (Å²) in [7, 11) is 0. The van der Waals surface area contributed by atoms with Gasteiger partial charge in [-0.25, -0.2) is 0 Å². The molecule has 0 aliphatic heterocycles. The molecule has 1 atom stereocenters. The molecule has 1 aliphatic rings. The van der Waals surface area contributed by atoms with Gasteiger partial charge in [0.2, 0.25) is 0 Å². The van der Waals surface area contributed by atoms with Crippen molar-refractivity contribution in [2.75, 3.05) is 13.2 Å². The molecule has 0 radical (unpaired) electrons. The van der Waals surface area contributed by atoms with Gasteiger partial charge in [0.1, 0.15) is 18.5 Å². The summed E-state index contributed by atoms with van der Waals surface area (Å²) < 4.78 is 5.63. The Labute approximate surface area is 142 Å². The summed E-state index contributed by atoms with van der Waals surface area (Å²) in [6.07, 6.45) is 1.87. The highest BCUT2D eigenvalue weighted by Gasteiger charge is 2.30. The Morgan fingerprint density at radius 1 is 1.12 bits per heavy atom. The number of aliphatic hydroxyl groups is 1. The van der Waals surface area contributed by atoms with Gasteiger partial charge >= 0.3 is 0 Å². The van der Waals surface area contributed by atoms with E-state index in [0.717, 1.165) is 6.54 Å². The van der Waals surface area contributed by atoms with Gasteiger partial charge in [-0.2, -0.15) is 5.26 Å². The number of hydrogen-bond acceptors (Lipinski definition) is 4. The van der Waals surface area contributed by atoms with Crippen LogP contribution in [0.1, 0.15) is 24.0 Å². The molecule has 0 heterocycles. The minimum absolute atomic E-state index is 0.254. The lowest BCUT2D eigenvalue weighted by molar-refractivity contribution is 0.0626. The third-order valence-corrected chi connectivity index (χ3v) is 4.16. The van der Waals surface area contributed by atoms with Crippen molar-refractivity contribution >= 4 is 0 Å². The van der Waals surface area contributed by atoms with Gasteiger partial charge in [-0.3, -0.25) is 4.90 Å². The fourth-order valence-corrected chi connectivity index (χ4v) is 2.74. The summed E-state index contributed by atoms with van der Waals surface area (Å²) >= 11 is 0. The van der Waals surface area contributed by atoms with Gasteiger partial charge in [-0.1, -0.05) is 30.3 Å². The normalized spacial score (nSPS) is 15.0. The van der Waals surface area contributed by atoms with Crippen LogP contribution in [0, 0.1) is 11.3 Å². The third-order valence-electron chi connectivity index (χ3n) is 4.16. The quantitative estimate of drug-likeness (QED) is 0.812. The molecule has 4 nitrogen and oxygen atoms in total. The molecular formula is C20H22N2O2. The summed E-state index contributed by atoms with van der Waals surface area (Å²) in [6, 6.07) is 20.0. The topological polar surface area (TPSA) is 56.5 Å². The van der Waals surface area contributed by atoms with E-state index >= 15 is 0 Å². The monoisotopic (exact) mass is 322 g/mol. The van der Waals surface area contributed by atoms with Gasteiger partial charge in [0.05, 0.1) is 11.6 Å². The summed E-state index contributed by atoms with van der Waals surface area (Å²) in [5, 5.41) is 19.1. The highest BCUT2D eigenvalue weighted by molar-refractivity contribution is 5.34. The molecule has 3 rings (SSSR count). The molecule has 24 heavy (non-hydrogen) atoms. The van der Waals surface area contributed by atoms with Crippen molar-refractivity contribution < 1.29 is 9.84 Å². The third kappa shape index (κ3) is 4.82. The van der Waals surface area contributed by atoms with E-state index in [0.29, 0.717) is 23.9 Å². The largest absolute Gasteiger partial charge is 0.491 e. The van der Waals surface area contributed by atoms with Crippen molar-refractivity contribution in [1.29, 1.82) is 5.26 Å². The molecule has 124 valence electrons. The zero-order valence-electron chi connectivity index (χ0n) is 13.6. The van der Waals surface area contributed by atoms with Gasteiger partial charge in [0, 0.05) is 19.1 Å². The molecule has 0 aromatic heterocycles. The summed E-state index contributed by atoms with van der Waals surface area (Å²) in [5.41, 5.74) is 1.87. The lowest BCUT2D eigenvalue weighted by atomic mass is 10.2. The maximum absolute atomic E-state index is 10.3. The molecule has 1 fully saturated rings. The first-order chi connectivity index (χ1) is 11.7. The van der Waals surface area contributed by atoms with Crippen LogP contribution in [0.5, 0.6) is 5.75 Å². The van der Waals surface area contributed by atoms with E-state index in [2.05, 4.69) is 23.1 Å². The zero-order chi connectivity index (χ0) is 16.8. The minimum Gasteiger partial charge on any atom is -0.491 e. The molecule has 4 heteroatoms. The van der Waals surface area contributed by atoms with E-state index in [9.17, 15) is 5.11 Å². The predicted octanol–water partition coefficient (Wildman–Crippen LogP) is 2.96. The van der Waals surface area contributed by atoms with Crippen LogP contribution in [0.2, 0.25) is 0 Å². The van der Waals surface area contributed by atoms with E-state index in [4.69, 9.17) is 10.00 Å². The van der Waals surface area contributed by atoms with E-state index in [1.165, 1.54) is 18.4 Å². The summed E-state index contributed by atoms with van der Waals surface area (Å²) in [4.78, 5) is 2.34. The first-order valence-electron chi connectivity index (χ1n) is 8.33. The van der Waals surface area contributed by atoms with Crippen LogP contribution in [0.25, 0.3) is 0 Å². The van der Waals surface area contributed by atoms with E-state index in [1.54, 1.807) is 24.3 Å². The van der Waals surface area contributed by atoms with Crippen LogP contribution in [0.15, 0.2) is 54.6 Å². The standard InChI is InChI=1S/C20H22N2O2/c21-12-16-6-10-20(11-7-16)24-15-19(23)14-22(18-8-9-18)13-17-4-2-1-3-5-17/h1-7,10-11,18-19,23H,8-9,13-15H2. The van der Waals surface area contributed by atoms with Gasteiger partial charge in [0.25, 0.3) is 0 Å². The Morgan fingerprint density at radius 3 is 2.46 bits per heavy atom. The average molecular weight is 322 g/mol. The zero-order valence-corrected chi connectivity index (χ0v) is 13.6. The second kappa shape index (κ2) is 7.96. The Balaban J connectivity index is 1.50. The average Bonchev–Trinajstić information content (AvgIpc) is 3.46. The Hall–Kier alpha value is -2.35. The van der Waals surface area contributed by atoms with Crippen molar-refractivity contribution in [3.8, 4) is 11.8 Å². The number of benzene rings is 2. The molecule has 0 amide bonds. The van der Waals surface area contributed by atoms with Crippen molar-refractivity contribution in [3.05, 3.63) is 65.7 Å². The Morgan fingerprint density at radius 2 is 1.83 bits per heavy atom. The smallest absolute Gasteiger partial charge is 0.119 e. The van der Waals surface area contributed by atoms with Crippen LogP contribution in [-0.2, 0) is 6.54 Å². The second-order valence-corrected chi connectivity index (χ2v) is 6.25. The van der Waals surface area contributed by atoms with E-state index in [1.807, 2.05) is 18.2 Å². The highest BCUT2D eigenvalue weighted by atomic mass is 16.5. The van der Waals surface area contributed by atoms with Gasteiger partial charge in [-0.05, 0) is 42.7 Å². The van der Waals surface area contributed by atoms with E-state index < -0.39 is 6.10 Å². The van der Waals surface area contributed by atoms with Gasteiger partial charge in [0.15, 0.2) is 0 Å². The molecule has 0 bridgehead atoms. The second-order valence-electron chi connectivity index (χ2n) is 6.25. The van der Waals surface area contributed by atoms with Gasteiger partial charge in [-0.15, -0.1) is 0 Å². The van der Waals surface area contributed by atoms with Crippen molar-refractivity contribution in [3.63, 3.8) is 0 Å². The highest BCUT2D eigenvalue weighted by Crippen LogP contribution is 2.28. The van der Waals surface area contributed by atoms with Crippen LogP contribution in [0.4, 0.5) is 0 Å². The van der Waals surface area contributed by atoms with E-state index in [-0.39, 0.29) is 6.61 Å². The lowest BCUT2D eigenvalue weighted by Gasteiger charge is -2.25. The molecule has 2 aromatic rings. The van der Waals surface area contributed by atoms with Crippen LogP contribution in [-0.4, -0.2) is 35.3 Å². The molecule has 0 spiro atoms. The summed E-state index contributed by atoms with van der Waals surface area (Å²) in [6.45, 7) is 1.72. The Bertz CT molecular complexity index is 675. The van der Waals surface area contributed by atoms with Crippen molar-refractivity contribution in [1.82, 2.24) is 4.90 Å². The lowest BCUT2D eigenvalue weighted by Crippen LogP contribution is -2.36. The number of nitriles is 1. The number of rotatable bonds is 8. The fourth-order valence-electron chi connectivity index (χ4n) is 2.74. The Kier molecular flexibility index (Phi) is 5.47. The maximum atomic E-state index is 10.3. The molecule has 0 saturated heterocycles. The van der Waals surface area contributed by atoms with Crippen LogP contribution >= 0.6 is 0 Å². The van der Waals surface area contributed by atoms with Crippen LogP contribution in [0.3, 0.4) is 0 Å². The molecule has 1 saturated carbocycles. The fraction of sp³-hybridized carbons (Fsp3) is 0.350. The first-order valence-corrected chi connectivity index (χ1v) is 8.33. The molecule has 1 aliphatic carbocycles.